The molecule has 2 heterocycles. The molecule has 3 rings (SSSR count). The fourth-order valence-electron chi connectivity index (χ4n) is 2.83. The Kier molecular flexibility index (Phi) is 5.50. The predicted molar refractivity (Wildman–Crippen MR) is 91.8 cm³/mol. The molecule has 2 aromatic rings. The molecule has 0 N–H and O–H groups in total. The van der Waals surface area contributed by atoms with Crippen LogP contribution in [0, 0.1) is 6.92 Å². The summed E-state index contributed by atoms with van der Waals surface area (Å²) in [5.41, 5.74) is 0. The van der Waals surface area contributed by atoms with E-state index in [0.29, 0.717) is 24.7 Å². The summed E-state index contributed by atoms with van der Waals surface area (Å²) in [6.07, 6.45) is 2.11. The summed E-state index contributed by atoms with van der Waals surface area (Å²) < 4.78 is 11.8. The lowest BCUT2D eigenvalue weighted by molar-refractivity contribution is -0.132. The Balaban J connectivity index is 1.42. The minimum absolute atomic E-state index is 0.130. The third kappa shape index (κ3) is 4.35. The second-order valence-electron chi connectivity index (χ2n) is 5.89. The van der Waals surface area contributed by atoms with Gasteiger partial charge < -0.3 is 14.2 Å². The summed E-state index contributed by atoms with van der Waals surface area (Å²) in [6, 6.07) is 7.62. The predicted octanol–water partition coefficient (Wildman–Crippen LogP) is 3.32. The lowest BCUT2D eigenvalue weighted by Crippen LogP contribution is -2.38. The lowest BCUT2D eigenvalue weighted by Gasteiger charge is -2.30. The van der Waals surface area contributed by atoms with Crippen molar-refractivity contribution in [3.05, 3.63) is 40.5 Å². The molecule has 128 valence electrons. The number of carbonyl (C=O) groups is 1. The van der Waals surface area contributed by atoms with E-state index in [-0.39, 0.29) is 11.8 Å². The number of aromatic nitrogens is 2. The summed E-state index contributed by atoms with van der Waals surface area (Å²) >= 11 is 3.40. The molecular formula is C17H20BrN3O3. The number of hydrogen-bond acceptors (Lipinski definition) is 5. The average molecular weight is 394 g/mol. The number of ether oxygens (including phenoxy) is 1. The van der Waals surface area contributed by atoms with Gasteiger partial charge in [0.1, 0.15) is 5.75 Å². The van der Waals surface area contributed by atoms with Crippen LogP contribution in [0.15, 0.2) is 33.3 Å². The molecule has 0 atom stereocenters. The topological polar surface area (TPSA) is 68.5 Å². The van der Waals surface area contributed by atoms with Crippen molar-refractivity contribution in [2.75, 3.05) is 19.7 Å². The Bertz CT molecular complexity index is 696. The fourth-order valence-corrected chi connectivity index (χ4v) is 3.20. The Morgan fingerprint density at radius 3 is 2.88 bits per heavy atom. The van der Waals surface area contributed by atoms with Crippen LogP contribution in [0.2, 0.25) is 0 Å². The van der Waals surface area contributed by atoms with E-state index >= 15 is 0 Å². The van der Waals surface area contributed by atoms with E-state index in [1.165, 1.54) is 0 Å². The molecule has 0 bridgehead atoms. The van der Waals surface area contributed by atoms with Gasteiger partial charge in [0.25, 0.3) is 0 Å². The van der Waals surface area contributed by atoms with Crippen molar-refractivity contribution in [3.8, 4) is 5.75 Å². The van der Waals surface area contributed by atoms with Crippen LogP contribution in [0.1, 0.15) is 36.9 Å². The zero-order valence-electron chi connectivity index (χ0n) is 13.6. The summed E-state index contributed by atoms with van der Waals surface area (Å²) in [7, 11) is 0. The molecule has 24 heavy (non-hydrogen) atoms. The van der Waals surface area contributed by atoms with E-state index in [9.17, 15) is 4.79 Å². The van der Waals surface area contributed by atoms with E-state index in [1.807, 2.05) is 36.1 Å². The molecule has 1 aliphatic heterocycles. The Morgan fingerprint density at radius 2 is 2.21 bits per heavy atom. The average Bonchev–Trinajstić information content (AvgIpc) is 3.01. The molecule has 1 saturated heterocycles. The van der Waals surface area contributed by atoms with Crippen molar-refractivity contribution in [2.45, 2.75) is 32.1 Å². The maximum absolute atomic E-state index is 12.3. The van der Waals surface area contributed by atoms with E-state index in [1.54, 1.807) is 0 Å². The second kappa shape index (κ2) is 7.79. The van der Waals surface area contributed by atoms with Gasteiger partial charge in [0, 0.05) is 23.5 Å². The zero-order chi connectivity index (χ0) is 16.9. The van der Waals surface area contributed by atoms with Crippen LogP contribution in [-0.2, 0) is 4.79 Å². The van der Waals surface area contributed by atoms with Crippen LogP contribution in [-0.4, -0.2) is 40.6 Å². The number of piperidine rings is 1. The number of carbonyl (C=O) groups excluding carboxylic acids is 1. The maximum Gasteiger partial charge on any atom is 0.229 e. The fraction of sp³-hybridized carbons (Fsp3) is 0.471. The molecule has 1 aromatic carbocycles. The van der Waals surface area contributed by atoms with Crippen molar-refractivity contribution in [1.82, 2.24) is 15.0 Å². The molecule has 0 saturated carbocycles. The largest absolute Gasteiger partial charge is 0.493 e. The van der Waals surface area contributed by atoms with Gasteiger partial charge in [-0.05, 0) is 38.0 Å². The minimum Gasteiger partial charge on any atom is -0.493 e. The lowest BCUT2D eigenvalue weighted by atomic mass is 9.96. The Labute approximate surface area is 149 Å². The van der Waals surface area contributed by atoms with Crippen molar-refractivity contribution in [3.63, 3.8) is 0 Å². The number of likely N-dealkylation sites (tertiary alicyclic amines) is 1. The van der Waals surface area contributed by atoms with Gasteiger partial charge in [-0.25, -0.2) is 0 Å². The monoisotopic (exact) mass is 393 g/mol. The summed E-state index contributed by atoms with van der Waals surface area (Å²) in [6.45, 7) is 3.65. The van der Waals surface area contributed by atoms with Crippen molar-refractivity contribution in [1.29, 1.82) is 0 Å². The van der Waals surface area contributed by atoms with Crippen LogP contribution in [0.4, 0.5) is 0 Å². The summed E-state index contributed by atoms with van der Waals surface area (Å²) in [5, 5.41) is 3.83. The SMILES string of the molecule is Cc1noc(C2CCN(C(=O)CCOc3cccc(Br)c3)CC2)n1. The van der Waals surface area contributed by atoms with E-state index in [2.05, 4.69) is 26.1 Å². The standard InChI is InChI=1S/C17H20BrN3O3/c1-12-19-17(24-20-12)13-5-8-21(9-6-13)16(22)7-10-23-15-4-2-3-14(18)11-15/h2-4,11,13H,5-10H2,1H3. The number of hydrogen-bond donors (Lipinski definition) is 0. The smallest absolute Gasteiger partial charge is 0.229 e. The Morgan fingerprint density at radius 1 is 1.42 bits per heavy atom. The van der Waals surface area contributed by atoms with Gasteiger partial charge in [0.15, 0.2) is 5.82 Å². The molecule has 1 fully saturated rings. The molecule has 1 amide bonds. The highest BCUT2D eigenvalue weighted by molar-refractivity contribution is 9.10. The number of amides is 1. The second-order valence-corrected chi connectivity index (χ2v) is 6.81. The number of benzene rings is 1. The van der Waals surface area contributed by atoms with Gasteiger partial charge in [-0.3, -0.25) is 4.79 Å². The molecule has 7 heteroatoms. The first kappa shape index (κ1) is 17.0. The number of halogens is 1. The molecule has 0 aliphatic carbocycles. The van der Waals surface area contributed by atoms with Crippen LogP contribution in [0.5, 0.6) is 5.75 Å². The van der Waals surface area contributed by atoms with E-state index in [0.717, 1.165) is 36.2 Å². The highest BCUT2D eigenvalue weighted by Gasteiger charge is 2.26. The molecule has 1 aliphatic rings. The zero-order valence-corrected chi connectivity index (χ0v) is 15.2. The summed E-state index contributed by atoms with van der Waals surface area (Å²) in [4.78, 5) is 18.5. The van der Waals surface area contributed by atoms with Crippen LogP contribution >= 0.6 is 15.9 Å². The number of aryl methyl sites for hydroxylation is 1. The normalized spacial score (nSPS) is 15.5. The van der Waals surface area contributed by atoms with E-state index in [4.69, 9.17) is 9.26 Å². The third-order valence-corrected chi connectivity index (χ3v) is 4.61. The number of nitrogens with zero attached hydrogens (tertiary/aromatic N) is 3. The van der Waals surface area contributed by atoms with Crippen molar-refractivity contribution < 1.29 is 14.1 Å². The van der Waals surface area contributed by atoms with Gasteiger partial charge in [0.2, 0.25) is 11.8 Å². The van der Waals surface area contributed by atoms with Gasteiger partial charge in [-0.2, -0.15) is 4.98 Å². The van der Waals surface area contributed by atoms with Gasteiger partial charge in [-0.1, -0.05) is 27.2 Å². The van der Waals surface area contributed by atoms with Crippen molar-refractivity contribution in [2.24, 2.45) is 0 Å². The maximum atomic E-state index is 12.3. The minimum atomic E-state index is 0.130. The molecule has 0 spiro atoms. The van der Waals surface area contributed by atoms with Gasteiger partial charge >= 0.3 is 0 Å². The first-order chi connectivity index (χ1) is 11.6. The first-order valence-corrected chi connectivity index (χ1v) is 8.87. The molecule has 6 nitrogen and oxygen atoms in total. The molecular weight excluding hydrogens is 374 g/mol. The van der Waals surface area contributed by atoms with Crippen LogP contribution < -0.4 is 4.74 Å². The molecule has 1 aromatic heterocycles. The highest BCUT2D eigenvalue weighted by Crippen LogP contribution is 2.27. The van der Waals surface area contributed by atoms with E-state index < -0.39 is 0 Å². The summed E-state index contributed by atoms with van der Waals surface area (Å²) in [5.74, 6) is 2.51. The quantitative estimate of drug-likeness (QED) is 0.778. The number of rotatable bonds is 5. The molecule has 0 radical (unpaired) electrons. The first-order valence-electron chi connectivity index (χ1n) is 8.08. The van der Waals surface area contributed by atoms with Gasteiger partial charge in [0.05, 0.1) is 13.0 Å². The third-order valence-electron chi connectivity index (χ3n) is 4.12. The Hall–Kier alpha value is -1.89. The highest BCUT2D eigenvalue weighted by atomic mass is 79.9. The van der Waals surface area contributed by atoms with Gasteiger partial charge in [-0.15, -0.1) is 0 Å². The molecule has 0 unspecified atom stereocenters. The van der Waals surface area contributed by atoms with Crippen LogP contribution in [0.25, 0.3) is 0 Å². The van der Waals surface area contributed by atoms with Crippen LogP contribution in [0.3, 0.4) is 0 Å². The van der Waals surface area contributed by atoms with Crippen molar-refractivity contribution >= 4 is 21.8 Å².